The minimum absolute atomic E-state index is 0. The van der Waals surface area contributed by atoms with Gasteiger partial charge in [-0.15, -0.1) is 36.2 Å². The van der Waals surface area contributed by atoms with E-state index in [1.807, 2.05) is 45.2 Å². The minimum atomic E-state index is -0.123. The molecule has 7 heteroatoms. The summed E-state index contributed by atoms with van der Waals surface area (Å²) in [5, 5.41) is 8.61. The summed E-state index contributed by atoms with van der Waals surface area (Å²) in [6, 6.07) is 8.39. The third-order valence-electron chi connectivity index (χ3n) is 3.10. The van der Waals surface area contributed by atoms with E-state index >= 15 is 0 Å². The maximum Gasteiger partial charge on any atom is 0.270 e. The number of carbonyl (C=O) groups is 1. The van der Waals surface area contributed by atoms with Crippen LogP contribution in [0.3, 0.4) is 0 Å². The van der Waals surface area contributed by atoms with Crippen LogP contribution in [0.5, 0.6) is 0 Å². The Bertz CT molecular complexity index is 587. The van der Waals surface area contributed by atoms with Crippen LogP contribution in [0.15, 0.2) is 29.6 Å². The van der Waals surface area contributed by atoms with E-state index in [9.17, 15) is 4.79 Å². The fraction of sp³-hybridized carbons (Fsp3) is 0.333. The summed E-state index contributed by atoms with van der Waals surface area (Å²) in [6.07, 6.45) is 0. The molecule has 1 aromatic heterocycles. The van der Waals surface area contributed by atoms with E-state index in [2.05, 4.69) is 15.6 Å². The average molecular weight is 362 g/mol. The highest BCUT2D eigenvalue weighted by Crippen LogP contribution is 2.23. The number of halogens is 2. The Labute approximate surface area is 147 Å². The van der Waals surface area contributed by atoms with Gasteiger partial charge in [0.1, 0.15) is 10.7 Å². The molecule has 0 saturated heterocycles. The number of thiazole rings is 1. The van der Waals surface area contributed by atoms with Crippen LogP contribution in [-0.2, 0) is 0 Å². The van der Waals surface area contributed by atoms with Crippen LogP contribution in [0.25, 0.3) is 10.6 Å². The number of likely N-dealkylation sites (N-methyl/N-ethyl adjacent to an activating group) is 1. The van der Waals surface area contributed by atoms with Crippen LogP contribution in [0.4, 0.5) is 0 Å². The van der Waals surface area contributed by atoms with Gasteiger partial charge in [-0.05, 0) is 20.9 Å². The highest BCUT2D eigenvalue weighted by molar-refractivity contribution is 7.13. The van der Waals surface area contributed by atoms with Crippen molar-refractivity contribution in [1.82, 2.24) is 15.6 Å². The minimum Gasteiger partial charge on any atom is -0.349 e. The highest BCUT2D eigenvalue weighted by Gasteiger charge is 2.12. The Kier molecular flexibility index (Phi) is 9.28. The molecule has 0 fully saturated rings. The highest BCUT2D eigenvalue weighted by atomic mass is 35.5. The number of aryl methyl sites for hydroxylation is 1. The van der Waals surface area contributed by atoms with Crippen molar-refractivity contribution >= 4 is 42.1 Å². The zero-order chi connectivity index (χ0) is 14.5. The van der Waals surface area contributed by atoms with Gasteiger partial charge in [-0.1, -0.05) is 29.8 Å². The molecule has 0 aliphatic heterocycles. The van der Waals surface area contributed by atoms with Crippen molar-refractivity contribution in [3.63, 3.8) is 0 Å². The van der Waals surface area contributed by atoms with E-state index in [0.717, 1.165) is 10.6 Å². The van der Waals surface area contributed by atoms with Crippen LogP contribution in [-0.4, -0.2) is 30.5 Å². The number of nitrogens with zero attached hydrogens (tertiary/aromatic N) is 1. The summed E-state index contributed by atoms with van der Waals surface area (Å²) in [7, 11) is 1.87. The maximum atomic E-state index is 12.0. The van der Waals surface area contributed by atoms with Crippen molar-refractivity contribution in [1.29, 1.82) is 0 Å². The number of hydrogen-bond donors (Lipinski definition) is 2. The fourth-order valence-corrected chi connectivity index (χ4v) is 2.45. The monoisotopic (exact) mass is 361 g/mol. The van der Waals surface area contributed by atoms with Gasteiger partial charge in [0.15, 0.2) is 0 Å². The van der Waals surface area contributed by atoms with Crippen LogP contribution in [0.1, 0.15) is 23.0 Å². The molecule has 1 amide bonds. The van der Waals surface area contributed by atoms with E-state index in [0.29, 0.717) is 12.2 Å². The predicted molar refractivity (Wildman–Crippen MR) is 97.6 cm³/mol. The standard InChI is InChI=1S/C15H19N3OS.2ClH/c1-10-4-6-12(7-5-10)15-18-13(9-20-15)14(19)17-8-11(2)16-3;;/h4-7,9,11,16H,8H2,1-3H3,(H,17,19);2*1H. The molecule has 0 radical (unpaired) electrons. The largest absolute Gasteiger partial charge is 0.349 e. The fourth-order valence-electron chi connectivity index (χ4n) is 1.65. The lowest BCUT2D eigenvalue weighted by Crippen LogP contribution is -2.37. The molecule has 2 aromatic rings. The molecule has 1 aromatic carbocycles. The molecule has 1 atom stereocenters. The number of benzene rings is 1. The lowest BCUT2D eigenvalue weighted by molar-refractivity contribution is 0.0946. The van der Waals surface area contributed by atoms with Gasteiger partial charge in [0.25, 0.3) is 5.91 Å². The van der Waals surface area contributed by atoms with E-state index < -0.39 is 0 Å². The first-order valence-corrected chi connectivity index (χ1v) is 7.46. The summed E-state index contributed by atoms with van der Waals surface area (Å²) in [5.41, 5.74) is 2.74. The van der Waals surface area contributed by atoms with Crippen molar-refractivity contribution in [3.8, 4) is 10.6 Å². The number of nitrogens with one attached hydrogen (secondary N) is 2. The van der Waals surface area contributed by atoms with Gasteiger partial charge in [0, 0.05) is 23.5 Å². The first-order chi connectivity index (χ1) is 9.60. The quantitative estimate of drug-likeness (QED) is 0.858. The van der Waals surface area contributed by atoms with Crippen LogP contribution in [0.2, 0.25) is 0 Å². The molecule has 0 aliphatic rings. The molecule has 1 heterocycles. The molecule has 0 spiro atoms. The first-order valence-electron chi connectivity index (χ1n) is 6.58. The summed E-state index contributed by atoms with van der Waals surface area (Å²) in [4.78, 5) is 16.4. The van der Waals surface area contributed by atoms with E-state index in [4.69, 9.17) is 0 Å². The Morgan fingerprint density at radius 1 is 1.27 bits per heavy atom. The Hall–Kier alpha value is -1.14. The molecule has 122 valence electrons. The lowest BCUT2D eigenvalue weighted by atomic mass is 10.2. The van der Waals surface area contributed by atoms with Crippen molar-refractivity contribution in [2.24, 2.45) is 0 Å². The molecule has 1 unspecified atom stereocenters. The molecule has 4 nitrogen and oxygen atoms in total. The second kappa shape index (κ2) is 9.79. The molecular formula is C15H21Cl2N3OS. The second-order valence-corrected chi connectivity index (χ2v) is 5.66. The van der Waals surface area contributed by atoms with Gasteiger partial charge >= 0.3 is 0 Å². The number of amides is 1. The van der Waals surface area contributed by atoms with E-state index in [1.165, 1.54) is 16.9 Å². The van der Waals surface area contributed by atoms with Gasteiger partial charge in [0.2, 0.25) is 0 Å². The molecule has 2 N–H and O–H groups in total. The van der Waals surface area contributed by atoms with Gasteiger partial charge < -0.3 is 10.6 Å². The Morgan fingerprint density at radius 3 is 2.50 bits per heavy atom. The number of aromatic nitrogens is 1. The van der Waals surface area contributed by atoms with Crippen LogP contribution < -0.4 is 10.6 Å². The molecule has 0 bridgehead atoms. The van der Waals surface area contributed by atoms with Gasteiger partial charge in [-0.3, -0.25) is 4.79 Å². The average Bonchev–Trinajstić information content (AvgIpc) is 2.95. The summed E-state index contributed by atoms with van der Waals surface area (Å²) in [6.45, 7) is 4.65. The van der Waals surface area contributed by atoms with Crippen molar-refractivity contribution in [3.05, 3.63) is 40.9 Å². The normalized spacial score (nSPS) is 11.0. The van der Waals surface area contributed by atoms with Crippen LogP contribution >= 0.6 is 36.2 Å². The Balaban J connectivity index is 0.00000220. The number of rotatable bonds is 5. The summed E-state index contributed by atoms with van der Waals surface area (Å²) < 4.78 is 0. The molecule has 22 heavy (non-hydrogen) atoms. The van der Waals surface area contributed by atoms with E-state index in [-0.39, 0.29) is 36.8 Å². The van der Waals surface area contributed by atoms with Gasteiger partial charge in [0.05, 0.1) is 0 Å². The summed E-state index contributed by atoms with van der Waals surface area (Å²) in [5.74, 6) is -0.123. The smallest absolute Gasteiger partial charge is 0.270 e. The first kappa shape index (κ1) is 20.9. The zero-order valence-electron chi connectivity index (χ0n) is 12.8. The molecular weight excluding hydrogens is 341 g/mol. The SMILES string of the molecule is CNC(C)CNC(=O)c1csc(-c2ccc(C)cc2)n1.Cl.Cl. The second-order valence-electron chi connectivity index (χ2n) is 4.80. The third kappa shape index (κ3) is 5.57. The van der Waals surface area contributed by atoms with Crippen molar-refractivity contribution < 1.29 is 4.79 Å². The Morgan fingerprint density at radius 2 is 1.91 bits per heavy atom. The molecule has 2 rings (SSSR count). The number of carbonyl (C=O) groups excluding carboxylic acids is 1. The van der Waals surface area contributed by atoms with E-state index in [1.54, 1.807) is 5.38 Å². The summed E-state index contributed by atoms with van der Waals surface area (Å²) >= 11 is 1.49. The predicted octanol–water partition coefficient (Wildman–Crippen LogP) is 3.30. The van der Waals surface area contributed by atoms with Crippen molar-refractivity contribution in [2.45, 2.75) is 19.9 Å². The van der Waals surface area contributed by atoms with Crippen LogP contribution in [0, 0.1) is 6.92 Å². The molecule has 0 saturated carbocycles. The van der Waals surface area contributed by atoms with Gasteiger partial charge in [-0.2, -0.15) is 0 Å². The maximum absolute atomic E-state index is 12.0. The van der Waals surface area contributed by atoms with Gasteiger partial charge in [-0.25, -0.2) is 4.98 Å². The topological polar surface area (TPSA) is 54.0 Å². The lowest BCUT2D eigenvalue weighted by Gasteiger charge is -2.10. The zero-order valence-corrected chi connectivity index (χ0v) is 15.2. The van der Waals surface area contributed by atoms with Crippen molar-refractivity contribution in [2.75, 3.05) is 13.6 Å². The number of hydrogen-bond acceptors (Lipinski definition) is 4. The third-order valence-corrected chi connectivity index (χ3v) is 3.99. The molecule has 0 aliphatic carbocycles.